The van der Waals surface area contributed by atoms with Gasteiger partial charge in [-0.25, -0.2) is 0 Å². The molecule has 2 aromatic rings. The monoisotopic (exact) mass is 322 g/mol. The first kappa shape index (κ1) is 14.9. The Balaban J connectivity index is 1.56. The molecule has 0 aliphatic heterocycles. The number of hydrogen-bond donors (Lipinski definition) is 1. The van der Waals surface area contributed by atoms with Crippen LogP contribution < -0.4 is 4.74 Å². The number of esters is 1. The van der Waals surface area contributed by atoms with Crippen molar-refractivity contribution in [3.8, 4) is 5.75 Å². The van der Waals surface area contributed by atoms with Crippen LogP contribution in [0, 0.1) is 23.7 Å². The second-order valence-electron chi connectivity index (χ2n) is 6.69. The molecule has 0 amide bonds. The van der Waals surface area contributed by atoms with Crippen LogP contribution in [0.4, 0.5) is 0 Å². The van der Waals surface area contributed by atoms with Gasteiger partial charge in [-0.05, 0) is 53.5 Å². The van der Waals surface area contributed by atoms with Gasteiger partial charge >= 0.3 is 11.9 Å². The predicted octanol–water partition coefficient (Wildman–Crippen LogP) is 3.66. The average molecular weight is 322 g/mol. The third-order valence-electron chi connectivity index (χ3n) is 5.22. The quantitative estimate of drug-likeness (QED) is 0.404. The molecule has 24 heavy (non-hydrogen) atoms. The van der Waals surface area contributed by atoms with Crippen LogP contribution in [0.1, 0.15) is 12.8 Å². The van der Waals surface area contributed by atoms with Crippen LogP contribution in [-0.2, 0) is 9.59 Å². The van der Waals surface area contributed by atoms with E-state index in [2.05, 4.69) is 12.2 Å². The van der Waals surface area contributed by atoms with Crippen LogP contribution in [0.2, 0.25) is 0 Å². The van der Waals surface area contributed by atoms with Crippen LogP contribution in [0.3, 0.4) is 0 Å². The SMILES string of the molecule is O=C(O)C(C(=O)Oc1ccc2ccccc2c1)C1CC2C=CC1C2. The van der Waals surface area contributed by atoms with Crippen molar-refractivity contribution in [3.05, 3.63) is 54.6 Å². The molecule has 4 unspecified atom stereocenters. The number of hydrogen-bond acceptors (Lipinski definition) is 3. The molecule has 0 spiro atoms. The largest absolute Gasteiger partial charge is 0.481 e. The van der Waals surface area contributed by atoms with Gasteiger partial charge in [0.1, 0.15) is 5.75 Å². The molecule has 1 fully saturated rings. The first-order valence-corrected chi connectivity index (χ1v) is 8.23. The number of allylic oxidation sites excluding steroid dienone is 2. The predicted molar refractivity (Wildman–Crippen MR) is 89.6 cm³/mol. The fraction of sp³-hybridized carbons (Fsp3) is 0.300. The number of benzene rings is 2. The maximum absolute atomic E-state index is 12.5. The smallest absolute Gasteiger partial charge is 0.326 e. The van der Waals surface area contributed by atoms with E-state index in [4.69, 9.17) is 4.74 Å². The standard InChI is InChI=1S/C20H18O4/c21-19(22)18(17-10-12-5-6-15(17)9-12)20(23)24-16-8-7-13-3-1-2-4-14(13)11-16/h1-8,11-12,15,17-18H,9-10H2,(H,21,22). The Morgan fingerprint density at radius 2 is 1.83 bits per heavy atom. The number of ether oxygens (including phenoxy) is 1. The Kier molecular flexibility index (Phi) is 3.60. The summed E-state index contributed by atoms with van der Waals surface area (Å²) in [6.07, 6.45) is 5.90. The van der Waals surface area contributed by atoms with Gasteiger partial charge in [0.2, 0.25) is 0 Å². The zero-order chi connectivity index (χ0) is 16.7. The number of rotatable bonds is 4. The van der Waals surface area contributed by atoms with Gasteiger partial charge < -0.3 is 9.84 Å². The Morgan fingerprint density at radius 1 is 1.04 bits per heavy atom. The highest BCUT2D eigenvalue weighted by atomic mass is 16.5. The lowest BCUT2D eigenvalue weighted by molar-refractivity contribution is -0.156. The summed E-state index contributed by atoms with van der Waals surface area (Å²) in [5.41, 5.74) is 0. The summed E-state index contributed by atoms with van der Waals surface area (Å²) >= 11 is 0. The van der Waals surface area contributed by atoms with Gasteiger partial charge in [-0.2, -0.15) is 0 Å². The summed E-state index contributed by atoms with van der Waals surface area (Å²) < 4.78 is 5.42. The number of carbonyl (C=O) groups is 2. The zero-order valence-electron chi connectivity index (χ0n) is 13.1. The topological polar surface area (TPSA) is 63.6 Å². The van der Waals surface area contributed by atoms with Crippen molar-refractivity contribution in [2.24, 2.45) is 23.7 Å². The molecule has 0 aromatic heterocycles. The van der Waals surface area contributed by atoms with Crippen molar-refractivity contribution in [2.45, 2.75) is 12.8 Å². The Morgan fingerprint density at radius 3 is 2.50 bits per heavy atom. The molecule has 4 atom stereocenters. The lowest BCUT2D eigenvalue weighted by atomic mass is 9.82. The number of carboxylic acid groups (broad SMARTS) is 1. The van der Waals surface area contributed by atoms with Gasteiger partial charge in [0, 0.05) is 0 Å². The molecule has 0 radical (unpaired) electrons. The Hall–Kier alpha value is -2.62. The first-order valence-electron chi connectivity index (χ1n) is 8.23. The van der Waals surface area contributed by atoms with E-state index >= 15 is 0 Å². The van der Waals surface area contributed by atoms with E-state index in [9.17, 15) is 14.7 Å². The molecule has 1 saturated carbocycles. The van der Waals surface area contributed by atoms with Gasteiger partial charge in [-0.3, -0.25) is 9.59 Å². The van der Waals surface area contributed by atoms with Crippen molar-refractivity contribution < 1.29 is 19.4 Å². The fourth-order valence-corrected chi connectivity index (χ4v) is 4.08. The molecule has 0 saturated heterocycles. The Labute approximate surface area is 139 Å². The van der Waals surface area contributed by atoms with Gasteiger partial charge in [0.05, 0.1) is 0 Å². The molecule has 2 bridgehead atoms. The summed E-state index contributed by atoms with van der Waals surface area (Å²) in [6, 6.07) is 13.1. The summed E-state index contributed by atoms with van der Waals surface area (Å²) in [6.45, 7) is 0. The molecular formula is C20H18O4. The highest BCUT2D eigenvalue weighted by molar-refractivity contribution is 5.96. The van der Waals surface area contributed by atoms with E-state index in [1.165, 1.54) is 0 Å². The molecule has 0 heterocycles. The van der Waals surface area contributed by atoms with Gasteiger partial charge in [0.25, 0.3) is 0 Å². The van der Waals surface area contributed by atoms with E-state index in [0.717, 1.165) is 23.6 Å². The summed E-state index contributed by atoms with van der Waals surface area (Å²) in [4.78, 5) is 24.2. The zero-order valence-corrected chi connectivity index (χ0v) is 13.1. The summed E-state index contributed by atoms with van der Waals surface area (Å²) in [7, 11) is 0. The van der Waals surface area contributed by atoms with E-state index in [1.54, 1.807) is 12.1 Å². The molecular weight excluding hydrogens is 304 g/mol. The van der Waals surface area contributed by atoms with Crippen molar-refractivity contribution in [1.29, 1.82) is 0 Å². The first-order chi connectivity index (χ1) is 11.6. The lowest BCUT2D eigenvalue weighted by Gasteiger charge is -2.23. The van der Waals surface area contributed by atoms with E-state index in [-0.39, 0.29) is 11.8 Å². The summed E-state index contributed by atoms with van der Waals surface area (Å²) in [5.74, 6) is -2.03. The third kappa shape index (κ3) is 2.58. The van der Waals surface area contributed by atoms with Gasteiger partial charge in [-0.15, -0.1) is 0 Å². The maximum Gasteiger partial charge on any atom is 0.326 e. The maximum atomic E-state index is 12.5. The lowest BCUT2D eigenvalue weighted by Crippen LogP contribution is -2.36. The number of fused-ring (bicyclic) bond motifs is 3. The van der Waals surface area contributed by atoms with Crippen LogP contribution in [0.5, 0.6) is 5.75 Å². The molecule has 2 aliphatic rings. The van der Waals surface area contributed by atoms with Gasteiger partial charge in [0.15, 0.2) is 5.92 Å². The van der Waals surface area contributed by atoms with Crippen molar-refractivity contribution in [1.82, 2.24) is 0 Å². The fourth-order valence-electron chi connectivity index (χ4n) is 4.08. The second-order valence-corrected chi connectivity index (χ2v) is 6.69. The average Bonchev–Trinajstić information content (AvgIpc) is 3.17. The van der Waals surface area contributed by atoms with Crippen LogP contribution >= 0.6 is 0 Å². The number of carboxylic acids is 1. The minimum absolute atomic E-state index is 0.162. The van der Waals surface area contributed by atoms with Crippen molar-refractivity contribution >= 4 is 22.7 Å². The van der Waals surface area contributed by atoms with E-state index < -0.39 is 17.9 Å². The minimum atomic E-state index is -1.10. The van der Waals surface area contributed by atoms with Crippen LogP contribution in [0.25, 0.3) is 10.8 Å². The molecule has 122 valence electrons. The molecule has 1 N–H and O–H groups in total. The highest BCUT2D eigenvalue weighted by Crippen LogP contribution is 2.47. The normalized spacial score (nSPS) is 25.8. The molecule has 4 heteroatoms. The Bertz CT molecular complexity index is 838. The number of carbonyl (C=O) groups excluding carboxylic acids is 1. The van der Waals surface area contributed by atoms with Crippen molar-refractivity contribution in [2.75, 3.05) is 0 Å². The van der Waals surface area contributed by atoms with E-state index in [1.807, 2.05) is 30.3 Å². The third-order valence-corrected chi connectivity index (χ3v) is 5.22. The number of aliphatic carboxylic acids is 1. The second kappa shape index (κ2) is 5.78. The molecule has 4 nitrogen and oxygen atoms in total. The summed E-state index contributed by atoms with van der Waals surface area (Å²) in [5, 5.41) is 11.6. The van der Waals surface area contributed by atoms with Crippen LogP contribution in [0.15, 0.2) is 54.6 Å². The molecule has 2 aromatic carbocycles. The van der Waals surface area contributed by atoms with Gasteiger partial charge in [-0.1, -0.05) is 42.5 Å². The highest BCUT2D eigenvalue weighted by Gasteiger charge is 2.46. The molecule has 2 aliphatic carbocycles. The molecule has 4 rings (SSSR count). The van der Waals surface area contributed by atoms with Crippen LogP contribution in [-0.4, -0.2) is 17.0 Å². The minimum Gasteiger partial charge on any atom is -0.481 e. The van der Waals surface area contributed by atoms with E-state index in [0.29, 0.717) is 11.7 Å². The van der Waals surface area contributed by atoms with Crippen molar-refractivity contribution in [3.63, 3.8) is 0 Å².